The lowest BCUT2D eigenvalue weighted by Crippen LogP contribution is -2.41. The number of carbonyl (C=O) groups excluding carboxylic acids is 3. The fourth-order valence-corrected chi connectivity index (χ4v) is 4.85. The van der Waals surface area contributed by atoms with Crippen molar-refractivity contribution >= 4 is 56.8 Å². The van der Waals surface area contributed by atoms with Crippen LogP contribution in [-0.4, -0.2) is 48.0 Å². The molecule has 2 heterocycles. The highest BCUT2D eigenvalue weighted by molar-refractivity contribution is 9.10. The summed E-state index contributed by atoms with van der Waals surface area (Å²) in [7, 11) is 0. The van der Waals surface area contributed by atoms with Crippen LogP contribution in [-0.2, 0) is 9.59 Å². The van der Waals surface area contributed by atoms with Gasteiger partial charge < -0.3 is 15.1 Å². The van der Waals surface area contributed by atoms with Crippen molar-refractivity contribution in [2.45, 2.75) is 24.2 Å². The minimum absolute atomic E-state index is 0.0141. The Balaban J connectivity index is 1.53. The van der Waals surface area contributed by atoms with E-state index in [2.05, 4.69) is 21.2 Å². The Labute approximate surface area is 188 Å². The summed E-state index contributed by atoms with van der Waals surface area (Å²) in [5.41, 5.74) is 1.85. The van der Waals surface area contributed by atoms with Crippen LogP contribution in [0.4, 0.5) is 11.4 Å². The van der Waals surface area contributed by atoms with Crippen molar-refractivity contribution in [1.29, 1.82) is 0 Å². The average molecular weight is 488 g/mol. The van der Waals surface area contributed by atoms with Crippen molar-refractivity contribution in [3.63, 3.8) is 0 Å². The molecule has 1 saturated heterocycles. The van der Waals surface area contributed by atoms with Crippen molar-refractivity contribution in [2.24, 2.45) is 0 Å². The van der Waals surface area contributed by atoms with Crippen LogP contribution < -0.4 is 10.2 Å². The van der Waals surface area contributed by atoms with Gasteiger partial charge in [0.15, 0.2) is 0 Å². The number of fused-ring (bicyclic) bond motifs is 1. The molecule has 2 aliphatic rings. The molecule has 1 fully saturated rings. The zero-order chi connectivity index (χ0) is 21.1. The van der Waals surface area contributed by atoms with Crippen LogP contribution in [0.2, 0.25) is 0 Å². The second-order valence-corrected chi connectivity index (χ2v) is 9.29. The molecule has 0 aliphatic carbocycles. The monoisotopic (exact) mass is 487 g/mol. The third-order valence-corrected chi connectivity index (χ3v) is 6.80. The first-order valence-corrected chi connectivity index (χ1v) is 11.7. The van der Waals surface area contributed by atoms with Gasteiger partial charge in [-0.1, -0.05) is 15.9 Å². The standard InChI is InChI=1S/C22H22BrN3O3S/c23-16-5-7-17(8-6-16)24-20(27)13-26-18-12-15(4-9-19(18)30-14-21(26)28)22(29)25-10-2-1-3-11-25/h4-9,12H,1-3,10-11,13-14H2,(H,24,27). The van der Waals surface area contributed by atoms with Gasteiger partial charge in [-0.15, -0.1) is 11.8 Å². The highest BCUT2D eigenvalue weighted by Gasteiger charge is 2.28. The molecular formula is C22H22BrN3O3S. The molecule has 156 valence electrons. The van der Waals surface area contributed by atoms with E-state index in [4.69, 9.17) is 0 Å². The Morgan fingerprint density at radius 2 is 1.77 bits per heavy atom. The quantitative estimate of drug-likeness (QED) is 0.702. The van der Waals surface area contributed by atoms with E-state index in [1.165, 1.54) is 16.7 Å². The SMILES string of the molecule is O=C(CN1C(=O)CSc2ccc(C(=O)N3CCCCC3)cc21)Nc1ccc(Br)cc1. The van der Waals surface area contributed by atoms with Crippen LogP contribution in [0.15, 0.2) is 51.8 Å². The van der Waals surface area contributed by atoms with E-state index in [-0.39, 0.29) is 30.0 Å². The van der Waals surface area contributed by atoms with E-state index in [0.717, 1.165) is 41.7 Å². The number of nitrogens with one attached hydrogen (secondary N) is 1. The Morgan fingerprint density at radius 3 is 2.50 bits per heavy atom. The maximum atomic E-state index is 12.9. The third kappa shape index (κ3) is 4.70. The van der Waals surface area contributed by atoms with Crippen molar-refractivity contribution in [3.8, 4) is 0 Å². The number of thioether (sulfide) groups is 1. The Kier molecular flexibility index (Phi) is 6.43. The molecule has 0 spiro atoms. The molecule has 0 unspecified atom stereocenters. The number of amides is 3. The fourth-order valence-electron chi connectivity index (χ4n) is 3.67. The van der Waals surface area contributed by atoms with Gasteiger partial charge in [-0.25, -0.2) is 0 Å². The Bertz CT molecular complexity index is 974. The van der Waals surface area contributed by atoms with Crippen molar-refractivity contribution in [2.75, 3.05) is 35.6 Å². The lowest BCUT2D eigenvalue weighted by molar-refractivity contribution is -0.120. The molecule has 2 aromatic rings. The molecule has 1 N–H and O–H groups in total. The number of hydrogen-bond donors (Lipinski definition) is 1. The molecule has 4 rings (SSSR count). The van der Waals surface area contributed by atoms with Gasteiger partial charge in [-0.2, -0.15) is 0 Å². The van der Waals surface area contributed by atoms with Crippen molar-refractivity contribution < 1.29 is 14.4 Å². The van der Waals surface area contributed by atoms with Crippen LogP contribution >= 0.6 is 27.7 Å². The van der Waals surface area contributed by atoms with E-state index < -0.39 is 0 Å². The van der Waals surface area contributed by atoms with E-state index >= 15 is 0 Å². The largest absolute Gasteiger partial charge is 0.339 e. The molecule has 2 aliphatic heterocycles. The van der Waals surface area contributed by atoms with E-state index in [1.54, 1.807) is 18.2 Å². The van der Waals surface area contributed by atoms with Gasteiger partial charge in [0.05, 0.1) is 11.4 Å². The number of halogens is 1. The smallest absolute Gasteiger partial charge is 0.253 e. The molecule has 30 heavy (non-hydrogen) atoms. The first-order chi connectivity index (χ1) is 14.5. The van der Waals surface area contributed by atoms with Crippen LogP contribution in [0.3, 0.4) is 0 Å². The predicted molar refractivity (Wildman–Crippen MR) is 122 cm³/mol. The molecule has 0 radical (unpaired) electrons. The number of nitrogens with zero attached hydrogens (tertiary/aromatic N) is 2. The molecule has 0 atom stereocenters. The number of rotatable bonds is 4. The van der Waals surface area contributed by atoms with Gasteiger partial charge in [0.2, 0.25) is 11.8 Å². The van der Waals surface area contributed by atoms with E-state index in [9.17, 15) is 14.4 Å². The summed E-state index contributed by atoms with van der Waals surface area (Å²) in [5.74, 6) is -0.157. The lowest BCUT2D eigenvalue weighted by atomic mass is 10.1. The maximum absolute atomic E-state index is 12.9. The number of benzene rings is 2. The molecule has 2 aromatic carbocycles. The van der Waals surface area contributed by atoms with Crippen LogP contribution in [0.5, 0.6) is 0 Å². The summed E-state index contributed by atoms with van der Waals surface area (Å²) in [6, 6.07) is 12.7. The Hall–Kier alpha value is -2.32. The van der Waals surface area contributed by atoms with Gasteiger partial charge in [0.1, 0.15) is 6.54 Å². The maximum Gasteiger partial charge on any atom is 0.253 e. The fraction of sp³-hybridized carbons (Fsp3) is 0.318. The third-order valence-electron chi connectivity index (χ3n) is 5.22. The highest BCUT2D eigenvalue weighted by Crippen LogP contribution is 2.36. The number of anilines is 2. The number of carbonyl (C=O) groups is 3. The second kappa shape index (κ2) is 9.22. The van der Waals surface area contributed by atoms with E-state index in [1.807, 2.05) is 29.2 Å². The molecule has 0 saturated carbocycles. The summed E-state index contributed by atoms with van der Waals surface area (Å²) in [4.78, 5) is 42.3. The van der Waals surface area contributed by atoms with Crippen LogP contribution in [0.1, 0.15) is 29.6 Å². The predicted octanol–water partition coefficient (Wildman–Crippen LogP) is 4.15. The summed E-state index contributed by atoms with van der Waals surface area (Å²) >= 11 is 4.80. The first kappa shape index (κ1) is 20.9. The molecular weight excluding hydrogens is 466 g/mol. The van der Waals surface area contributed by atoms with Crippen LogP contribution in [0, 0.1) is 0 Å². The summed E-state index contributed by atoms with van der Waals surface area (Å²) in [6.45, 7) is 1.44. The molecule has 0 aromatic heterocycles. The van der Waals surface area contributed by atoms with Gasteiger partial charge in [-0.3, -0.25) is 14.4 Å². The molecule has 0 bridgehead atoms. The topological polar surface area (TPSA) is 69.7 Å². The number of hydrogen-bond acceptors (Lipinski definition) is 4. The number of piperidine rings is 1. The summed E-state index contributed by atoms with van der Waals surface area (Å²) in [5, 5.41) is 2.82. The molecule has 3 amide bonds. The van der Waals surface area contributed by atoms with Crippen molar-refractivity contribution in [1.82, 2.24) is 4.90 Å². The second-order valence-electron chi connectivity index (χ2n) is 7.36. The zero-order valence-corrected chi connectivity index (χ0v) is 18.8. The summed E-state index contributed by atoms with van der Waals surface area (Å²) in [6.07, 6.45) is 3.20. The minimum Gasteiger partial charge on any atom is -0.339 e. The molecule has 6 nitrogen and oxygen atoms in total. The minimum atomic E-state index is -0.281. The van der Waals surface area contributed by atoms with E-state index in [0.29, 0.717) is 16.9 Å². The van der Waals surface area contributed by atoms with Gasteiger partial charge in [0, 0.05) is 33.7 Å². The van der Waals surface area contributed by atoms with Gasteiger partial charge in [0.25, 0.3) is 5.91 Å². The lowest BCUT2D eigenvalue weighted by Gasteiger charge is -2.30. The van der Waals surface area contributed by atoms with Crippen molar-refractivity contribution in [3.05, 3.63) is 52.5 Å². The average Bonchev–Trinajstić information content (AvgIpc) is 2.77. The highest BCUT2D eigenvalue weighted by atomic mass is 79.9. The molecule has 8 heteroatoms. The van der Waals surface area contributed by atoms with Gasteiger partial charge >= 0.3 is 0 Å². The number of likely N-dealkylation sites (tertiary alicyclic amines) is 1. The Morgan fingerprint density at radius 1 is 1.03 bits per heavy atom. The first-order valence-electron chi connectivity index (χ1n) is 9.93. The zero-order valence-electron chi connectivity index (χ0n) is 16.4. The normalized spacial score (nSPS) is 16.2. The summed E-state index contributed by atoms with van der Waals surface area (Å²) < 4.78 is 0.920. The van der Waals surface area contributed by atoms with Gasteiger partial charge in [-0.05, 0) is 61.7 Å². The van der Waals surface area contributed by atoms with Crippen LogP contribution in [0.25, 0.3) is 0 Å².